The standard InChI is InChI=1S/C17H28N2O/c1-5-15-11-18-17(3,6-2)13-19(15)16-10-8-7-9-14(16)12-20-4/h7-10,15,18H,5-6,11-13H2,1-4H3. The van der Waals surface area contributed by atoms with Gasteiger partial charge in [-0.2, -0.15) is 0 Å². The Labute approximate surface area is 123 Å². The molecule has 0 radical (unpaired) electrons. The molecule has 1 heterocycles. The Hall–Kier alpha value is -1.06. The van der Waals surface area contributed by atoms with Gasteiger partial charge in [0.15, 0.2) is 0 Å². The van der Waals surface area contributed by atoms with Crippen LogP contribution in [0.5, 0.6) is 0 Å². The lowest BCUT2D eigenvalue weighted by Gasteiger charge is -2.47. The molecule has 112 valence electrons. The van der Waals surface area contributed by atoms with Crippen molar-refractivity contribution in [2.24, 2.45) is 0 Å². The minimum atomic E-state index is 0.200. The minimum absolute atomic E-state index is 0.200. The zero-order valence-electron chi connectivity index (χ0n) is 13.3. The van der Waals surface area contributed by atoms with Crippen LogP contribution in [-0.4, -0.2) is 31.8 Å². The summed E-state index contributed by atoms with van der Waals surface area (Å²) in [7, 11) is 1.77. The van der Waals surface area contributed by atoms with Crippen LogP contribution in [0.2, 0.25) is 0 Å². The molecule has 1 saturated heterocycles. The quantitative estimate of drug-likeness (QED) is 0.894. The second-order valence-electron chi connectivity index (χ2n) is 6.05. The van der Waals surface area contributed by atoms with Crippen LogP contribution >= 0.6 is 0 Å². The van der Waals surface area contributed by atoms with E-state index in [0.717, 1.165) is 25.9 Å². The first-order valence-electron chi connectivity index (χ1n) is 7.72. The minimum Gasteiger partial charge on any atom is -0.380 e. The Morgan fingerprint density at radius 3 is 2.75 bits per heavy atom. The van der Waals surface area contributed by atoms with Crippen LogP contribution in [-0.2, 0) is 11.3 Å². The van der Waals surface area contributed by atoms with Gasteiger partial charge in [-0.15, -0.1) is 0 Å². The number of nitrogens with one attached hydrogen (secondary N) is 1. The largest absolute Gasteiger partial charge is 0.380 e. The summed E-state index contributed by atoms with van der Waals surface area (Å²) in [6, 6.07) is 9.20. The molecule has 20 heavy (non-hydrogen) atoms. The topological polar surface area (TPSA) is 24.5 Å². The van der Waals surface area contributed by atoms with Gasteiger partial charge in [-0.1, -0.05) is 32.0 Å². The molecule has 0 bridgehead atoms. The predicted octanol–water partition coefficient (Wildman–Crippen LogP) is 3.19. The fourth-order valence-corrected chi connectivity index (χ4v) is 2.99. The van der Waals surface area contributed by atoms with E-state index < -0.39 is 0 Å². The lowest BCUT2D eigenvalue weighted by Crippen LogP contribution is -2.63. The lowest BCUT2D eigenvalue weighted by atomic mass is 9.92. The molecule has 0 amide bonds. The number of methoxy groups -OCH3 is 1. The van der Waals surface area contributed by atoms with E-state index in [-0.39, 0.29) is 5.54 Å². The van der Waals surface area contributed by atoms with Gasteiger partial charge in [-0.25, -0.2) is 0 Å². The zero-order chi connectivity index (χ0) is 14.6. The van der Waals surface area contributed by atoms with Gasteiger partial charge in [0, 0.05) is 43.0 Å². The Kier molecular flexibility index (Phi) is 5.06. The third kappa shape index (κ3) is 3.15. The molecule has 0 aromatic heterocycles. The number of benzene rings is 1. The van der Waals surface area contributed by atoms with Crippen LogP contribution in [0.25, 0.3) is 0 Å². The maximum Gasteiger partial charge on any atom is 0.0733 e. The van der Waals surface area contributed by atoms with Gasteiger partial charge in [0.1, 0.15) is 0 Å². The molecule has 1 aliphatic heterocycles. The molecular weight excluding hydrogens is 248 g/mol. The normalized spacial score (nSPS) is 26.8. The molecule has 1 aromatic carbocycles. The van der Waals surface area contributed by atoms with Gasteiger partial charge in [-0.05, 0) is 25.8 Å². The van der Waals surface area contributed by atoms with E-state index in [9.17, 15) is 0 Å². The first-order chi connectivity index (χ1) is 9.63. The fourth-order valence-electron chi connectivity index (χ4n) is 2.99. The number of para-hydroxylation sites is 1. The van der Waals surface area contributed by atoms with E-state index in [1.54, 1.807) is 7.11 Å². The highest BCUT2D eigenvalue weighted by atomic mass is 16.5. The number of rotatable bonds is 5. The van der Waals surface area contributed by atoms with Gasteiger partial charge in [-0.3, -0.25) is 0 Å². The lowest BCUT2D eigenvalue weighted by molar-refractivity contribution is 0.184. The number of hydrogen-bond acceptors (Lipinski definition) is 3. The van der Waals surface area contributed by atoms with E-state index in [4.69, 9.17) is 4.74 Å². The van der Waals surface area contributed by atoms with E-state index >= 15 is 0 Å². The second-order valence-corrected chi connectivity index (χ2v) is 6.05. The highest BCUT2D eigenvalue weighted by molar-refractivity contribution is 5.55. The summed E-state index contributed by atoms with van der Waals surface area (Å²) in [4.78, 5) is 2.58. The molecule has 0 aliphatic carbocycles. The number of ether oxygens (including phenoxy) is 1. The number of hydrogen-bond donors (Lipinski definition) is 1. The number of anilines is 1. The van der Waals surface area contributed by atoms with Crippen molar-refractivity contribution >= 4 is 5.69 Å². The summed E-state index contributed by atoms with van der Waals surface area (Å²) < 4.78 is 5.36. The average Bonchev–Trinajstić information content (AvgIpc) is 2.48. The van der Waals surface area contributed by atoms with Gasteiger partial charge >= 0.3 is 0 Å². The number of nitrogens with zero attached hydrogens (tertiary/aromatic N) is 1. The maximum atomic E-state index is 5.36. The van der Waals surface area contributed by atoms with E-state index in [0.29, 0.717) is 12.6 Å². The van der Waals surface area contributed by atoms with Crippen molar-refractivity contribution in [2.45, 2.75) is 51.8 Å². The Morgan fingerprint density at radius 2 is 2.10 bits per heavy atom. The van der Waals surface area contributed by atoms with E-state index in [1.165, 1.54) is 11.3 Å². The molecule has 1 aromatic rings. The third-order valence-corrected chi connectivity index (χ3v) is 4.58. The van der Waals surface area contributed by atoms with Crippen LogP contribution in [0.4, 0.5) is 5.69 Å². The summed E-state index contributed by atoms with van der Waals surface area (Å²) >= 11 is 0. The number of piperazine rings is 1. The smallest absolute Gasteiger partial charge is 0.0733 e. The molecule has 2 unspecified atom stereocenters. The van der Waals surface area contributed by atoms with Crippen molar-refractivity contribution in [2.75, 3.05) is 25.1 Å². The molecule has 1 fully saturated rings. The van der Waals surface area contributed by atoms with Gasteiger partial charge in [0.2, 0.25) is 0 Å². The van der Waals surface area contributed by atoms with Crippen molar-refractivity contribution in [3.05, 3.63) is 29.8 Å². The van der Waals surface area contributed by atoms with Crippen LogP contribution in [0.3, 0.4) is 0 Å². The maximum absolute atomic E-state index is 5.36. The van der Waals surface area contributed by atoms with Crippen LogP contribution in [0.15, 0.2) is 24.3 Å². The van der Waals surface area contributed by atoms with Crippen molar-refractivity contribution in [3.63, 3.8) is 0 Å². The molecule has 0 spiro atoms. The first-order valence-corrected chi connectivity index (χ1v) is 7.72. The Balaban J connectivity index is 2.31. The van der Waals surface area contributed by atoms with Crippen LogP contribution in [0, 0.1) is 0 Å². The van der Waals surface area contributed by atoms with Crippen LogP contribution in [0.1, 0.15) is 39.2 Å². The fraction of sp³-hybridized carbons (Fsp3) is 0.647. The summed E-state index contributed by atoms with van der Waals surface area (Å²) in [5, 5.41) is 3.72. The van der Waals surface area contributed by atoms with Gasteiger partial charge < -0.3 is 15.0 Å². The van der Waals surface area contributed by atoms with E-state index in [1.807, 2.05) is 0 Å². The summed E-state index contributed by atoms with van der Waals surface area (Å²) in [5.74, 6) is 0. The second kappa shape index (κ2) is 6.59. The first kappa shape index (κ1) is 15.3. The predicted molar refractivity (Wildman–Crippen MR) is 85.3 cm³/mol. The van der Waals surface area contributed by atoms with Crippen molar-refractivity contribution in [3.8, 4) is 0 Å². The monoisotopic (exact) mass is 276 g/mol. The third-order valence-electron chi connectivity index (χ3n) is 4.58. The van der Waals surface area contributed by atoms with Crippen molar-refractivity contribution < 1.29 is 4.74 Å². The zero-order valence-corrected chi connectivity index (χ0v) is 13.3. The molecule has 2 rings (SSSR count). The molecular formula is C17H28N2O. The average molecular weight is 276 g/mol. The molecule has 3 heteroatoms. The van der Waals surface area contributed by atoms with E-state index in [2.05, 4.69) is 55.3 Å². The Bertz CT molecular complexity index is 435. The summed E-state index contributed by atoms with van der Waals surface area (Å²) in [6.45, 7) is 9.65. The van der Waals surface area contributed by atoms with Gasteiger partial charge in [0.05, 0.1) is 6.61 Å². The Morgan fingerprint density at radius 1 is 1.35 bits per heavy atom. The molecule has 3 nitrogen and oxygen atoms in total. The van der Waals surface area contributed by atoms with Crippen molar-refractivity contribution in [1.29, 1.82) is 0 Å². The molecule has 2 atom stereocenters. The molecule has 0 saturated carbocycles. The molecule has 1 aliphatic rings. The summed E-state index contributed by atoms with van der Waals surface area (Å²) in [6.07, 6.45) is 2.31. The SMILES string of the molecule is CCC1CNC(C)(CC)CN1c1ccccc1COC. The molecule has 1 N–H and O–H groups in total. The van der Waals surface area contributed by atoms with Gasteiger partial charge in [0.25, 0.3) is 0 Å². The summed E-state index contributed by atoms with van der Waals surface area (Å²) in [5.41, 5.74) is 2.82. The van der Waals surface area contributed by atoms with Crippen LogP contribution < -0.4 is 10.2 Å². The van der Waals surface area contributed by atoms with Crippen molar-refractivity contribution in [1.82, 2.24) is 5.32 Å². The highest BCUT2D eigenvalue weighted by Crippen LogP contribution is 2.29. The highest BCUT2D eigenvalue weighted by Gasteiger charge is 2.34.